The van der Waals surface area contributed by atoms with E-state index in [1.165, 1.54) is 10.8 Å². The van der Waals surface area contributed by atoms with E-state index < -0.39 is 0 Å². The Morgan fingerprint density at radius 3 is 1.34 bits per heavy atom. The van der Waals surface area contributed by atoms with Crippen LogP contribution in [0.2, 0.25) is 0 Å². The Kier molecular flexibility index (Phi) is 7.40. The van der Waals surface area contributed by atoms with E-state index in [1.807, 2.05) is 60.7 Å². The molecule has 0 radical (unpaired) electrons. The zero-order valence-corrected chi connectivity index (χ0v) is 28.6. The molecule has 10 rings (SSSR count). The third-order valence-corrected chi connectivity index (χ3v) is 9.85. The predicted molar refractivity (Wildman–Crippen MR) is 217 cm³/mol. The second-order valence-corrected chi connectivity index (χ2v) is 13.1. The summed E-state index contributed by atoms with van der Waals surface area (Å²) in [7, 11) is 0. The minimum atomic E-state index is 0.639. The lowest BCUT2D eigenvalue weighted by molar-refractivity contribution is 1.07. The maximum Gasteiger partial charge on any atom is 0.164 e. The predicted octanol–water partition coefficient (Wildman–Crippen LogP) is 11.9. The molecule has 0 N–H and O–H groups in total. The van der Waals surface area contributed by atoms with Gasteiger partial charge in [0.25, 0.3) is 0 Å². The number of fused-ring (bicyclic) bond motifs is 5. The molecule has 0 aliphatic rings. The van der Waals surface area contributed by atoms with E-state index in [4.69, 9.17) is 19.9 Å². The van der Waals surface area contributed by atoms with Crippen LogP contribution in [-0.2, 0) is 0 Å². The van der Waals surface area contributed by atoms with Crippen molar-refractivity contribution in [3.63, 3.8) is 0 Å². The van der Waals surface area contributed by atoms with Crippen LogP contribution in [0.25, 0.3) is 94.9 Å². The monoisotopic (exact) mass is 677 g/mol. The summed E-state index contributed by atoms with van der Waals surface area (Å²) < 4.78 is 2.36. The van der Waals surface area contributed by atoms with Gasteiger partial charge in [-0.05, 0) is 35.4 Å². The maximum atomic E-state index is 5.32. The van der Waals surface area contributed by atoms with Gasteiger partial charge in [0.2, 0.25) is 0 Å². The highest BCUT2D eigenvalue weighted by Gasteiger charge is 2.20. The molecule has 0 aliphatic carbocycles. The van der Waals surface area contributed by atoms with Gasteiger partial charge >= 0.3 is 0 Å². The molecule has 3 aromatic heterocycles. The normalized spacial score (nSPS) is 11.4. The highest BCUT2D eigenvalue weighted by molar-refractivity contribution is 6.23. The Morgan fingerprint density at radius 1 is 0.321 bits per heavy atom. The number of hydrogen-bond acceptors (Lipinski definition) is 4. The Balaban J connectivity index is 1.06. The third-order valence-electron chi connectivity index (χ3n) is 9.85. The van der Waals surface area contributed by atoms with Gasteiger partial charge in [-0.15, -0.1) is 0 Å². The first-order chi connectivity index (χ1) is 26.3. The molecule has 0 atom stereocenters. The van der Waals surface area contributed by atoms with Crippen molar-refractivity contribution < 1.29 is 0 Å². The standard InChI is InChI=1S/C48H31N5/c1-4-14-35(15-5-1)46-50-47(36-16-6-2-7-17-36)52-48(51-46)37-30-26-33(27-31-37)32-24-28-34(29-25-32)44-45-43(39-20-10-12-22-41(39)49-44)40-21-11-13-23-42(40)53(45)38-18-8-3-9-19-38/h1-31H. The highest BCUT2D eigenvalue weighted by Crippen LogP contribution is 2.41. The maximum absolute atomic E-state index is 5.32. The molecule has 0 aliphatic heterocycles. The van der Waals surface area contributed by atoms with E-state index >= 15 is 0 Å². The summed E-state index contributed by atoms with van der Waals surface area (Å²) in [5.74, 6) is 1.94. The molecule has 0 spiro atoms. The topological polar surface area (TPSA) is 56.5 Å². The zero-order chi connectivity index (χ0) is 35.1. The van der Waals surface area contributed by atoms with E-state index in [0.717, 1.165) is 66.7 Å². The fraction of sp³-hybridized carbons (Fsp3) is 0. The SMILES string of the molecule is c1ccc(-c2nc(-c3ccccc3)nc(-c3ccc(-c4ccc(-c5nc6ccccc6c6c7ccccc7n(-c7ccccc7)c56)cc4)cc3)n2)cc1. The lowest BCUT2D eigenvalue weighted by Crippen LogP contribution is -2.00. The van der Waals surface area contributed by atoms with E-state index in [9.17, 15) is 0 Å². The number of pyridine rings is 1. The molecule has 10 aromatic rings. The van der Waals surface area contributed by atoms with Crippen LogP contribution in [0.3, 0.4) is 0 Å². The van der Waals surface area contributed by atoms with Crippen molar-refractivity contribution in [1.82, 2.24) is 24.5 Å². The van der Waals surface area contributed by atoms with Crippen molar-refractivity contribution in [1.29, 1.82) is 0 Å². The third kappa shape index (κ3) is 5.43. The first kappa shape index (κ1) is 30.6. The van der Waals surface area contributed by atoms with Gasteiger partial charge in [-0.2, -0.15) is 0 Å². The fourth-order valence-corrected chi connectivity index (χ4v) is 7.31. The number of para-hydroxylation sites is 3. The van der Waals surface area contributed by atoms with Gasteiger partial charge in [-0.25, -0.2) is 19.9 Å². The number of nitrogens with zero attached hydrogens (tertiary/aromatic N) is 5. The summed E-state index contributed by atoms with van der Waals surface area (Å²) in [5, 5.41) is 3.58. The molecule has 3 heterocycles. The molecule has 53 heavy (non-hydrogen) atoms. The molecule has 248 valence electrons. The summed E-state index contributed by atoms with van der Waals surface area (Å²) in [6.07, 6.45) is 0. The fourth-order valence-electron chi connectivity index (χ4n) is 7.31. The van der Waals surface area contributed by atoms with E-state index in [1.54, 1.807) is 0 Å². The van der Waals surface area contributed by atoms with Crippen LogP contribution in [0.5, 0.6) is 0 Å². The Morgan fingerprint density at radius 2 is 0.755 bits per heavy atom. The molecular formula is C48H31N5. The van der Waals surface area contributed by atoms with Gasteiger partial charge in [0.05, 0.1) is 22.2 Å². The van der Waals surface area contributed by atoms with Crippen LogP contribution in [-0.4, -0.2) is 24.5 Å². The molecule has 0 saturated carbocycles. The number of aromatic nitrogens is 5. The molecule has 0 unspecified atom stereocenters. The van der Waals surface area contributed by atoms with Crippen molar-refractivity contribution in [3.8, 4) is 62.2 Å². The largest absolute Gasteiger partial charge is 0.307 e. The minimum Gasteiger partial charge on any atom is -0.307 e. The molecule has 0 saturated heterocycles. The van der Waals surface area contributed by atoms with Crippen molar-refractivity contribution >= 4 is 32.7 Å². The van der Waals surface area contributed by atoms with Crippen molar-refractivity contribution in [2.45, 2.75) is 0 Å². The molecule has 0 fully saturated rings. The van der Waals surface area contributed by atoms with Gasteiger partial charge in [-0.3, -0.25) is 0 Å². The summed E-state index contributed by atoms with van der Waals surface area (Å²) in [6.45, 7) is 0. The molecule has 0 amide bonds. The second kappa shape index (κ2) is 12.8. The lowest BCUT2D eigenvalue weighted by Gasteiger charge is -2.13. The summed E-state index contributed by atoms with van der Waals surface area (Å²) in [4.78, 5) is 20.0. The van der Waals surface area contributed by atoms with Crippen LogP contribution in [0.15, 0.2) is 188 Å². The Bertz CT molecular complexity index is 2840. The van der Waals surface area contributed by atoms with Gasteiger partial charge in [0.1, 0.15) is 0 Å². The van der Waals surface area contributed by atoms with Crippen LogP contribution in [0.4, 0.5) is 0 Å². The van der Waals surface area contributed by atoms with Gasteiger partial charge in [0, 0.05) is 44.1 Å². The van der Waals surface area contributed by atoms with Crippen LogP contribution in [0.1, 0.15) is 0 Å². The van der Waals surface area contributed by atoms with Gasteiger partial charge in [0.15, 0.2) is 17.5 Å². The van der Waals surface area contributed by atoms with Crippen molar-refractivity contribution in [2.24, 2.45) is 0 Å². The molecule has 0 bridgehead atoms. The van der Waals surface area contributed by atoms with Crippen molar-refractivity contribution in [2.75, 3.05) is 0 Å². The average Bonchev–Trinajstić information content (AvgIpc) is 3.60. The van der Waals surface area contributed by atoms with E-state index in [0.29, 0.717) is 17.5 Å². The molecule has 7 aromatic carbocycles. The van der Waals surface area contributed by atoms with E-state index in [-0.39, 0.29) is 0 Å². The summed E-state index contributed by atoms with van der Waals surface area (Å²) >= 11 is 0. The summed E-state index contributed by atoms with van der Waals surface area (Å²) in [5.41, 5.74) is 11.4. The quantitative estimate of drug-likeness (QED) is 0.176. The zero-order valence-electron chi connectivity index (χ0n) is 28.6. The lowest BCUT2D eigenvalue weighted by atomic mass is 9.99. The van der Waals surface area contributed by atoms with E-state index in [2.05, 4.69) is 132 Å². The Labute approximate surface area is 306 Å². The first-order valence-corrected chi connectivity index (χ1v) is 17.7. The first-order valence-electron chi connectivity index (χ1n) is 17.7. The molecular weight excluding hydrogens is 647 g/mol. The molecule has 5 nitrogen and oxygen atoms in total. The molecule has 5 heteroatoms. The van der Waals surface area contributed by atoms with Gasteiger partial charge in [-0.1, -0.05) is 164 Å². The smallest absolute Gasteiger partial charge is 0.164 e. The Hall–Kier alpha value is -7.24. The number of rotatable bonds is 6. The van der Waals surface area contributed by atoms with Crippen molar-refractivity contribution in [3.05, 3.63) is 188 Å². The van der Waals surface area contributed by atoms with Crippen LogP contribution < -0.4 is 0 Å². The van der Waals surface area contributed by atoms with Crippen LogP contribution in [0, 0.1) is 0 Å². The minimum absolute atomic E-state index is 0.639. The highest BCUT2D eigenvalue weighted by atomic mass is 15.0. The summed E-state index contributed by atoms with van der Waals surface area (Å²) in [6, 6.07) is 65.0. The average molecular weight is 678 g/mol. The number of hydrogen-bond donors (Lipinski definition) is 0. The second-order valence-electron chi connectivity index (χ2n) is 13.1. The van der Waals surface area contributed by atoms with Gasteiger partial charge < -0.3 is 4.57 Å². The number of benzene rings is 7. The van der Waals surface area contributed by atoms with Crippen LogP contribution >= 0.6 is 0 Å².